The fourth-order valence-electron chi connectivity index (χ4n) is 11.5. The Balaban J connectivity index is 3.94. The van der Waals surface area contributed by atoms with Gasteiger partial charge in [-0.2, -0.15) is 0 Å². The molecule has 0 heterocycles. The minimum absolute atomic E-state index is 0.0676. The third kappa shape index (κ3) is 70.3. The molecule has 0 saturated carbocycles. The minimum atomic E-state index is -0.769. The summed E-state index contributed by atoms with van der Waals surface area (Å²) in [6.45, 7) is 6.64. The van der Waals surface area contributed by atoms with Gasteiger partial charge in [0.25, 0.3) is 0 Å². The maximum atomic E-state index is 12.9. The molecule has 0 bridgehead atoms. The first-order chi connectivity index (χ1) is 41.0. The van der Waals surface area contributed by atoms with Crippen molar-refractivity contribution in [3.63, 3.8) is 0 Å². The lowest BCUT2D eigenvalue weighted by molar-refractivity contribution is -0.167. The molecule has 0 aromatic carbocycles. The van der Waals surface area contributed by atoms with Gasteiger partial charge in [0.1, 0.15) is 13.2 Å². The SMILES string of the molecule is CCCCCCC/C=C\C/C=C\C/C=C\CCCCCCCCCCCCCCC(=O)OC(COC(=O)CCCCCCCC)COC(=O)CCCCCCCCCCCCCCCCCCCCCCCCCCCCCCCCCC. The van der Waals surface area contributed by atoms with Crippen LogP contribution in [0.3, 0.4) is 0 Å². The third-order valence-electron chi connectivity index (χ3n) is 17.1. The second kappa shape index (κ2) is 72.1. The van der Waals surface area contributed by atoms with Crippen LogP contribution in [-0.2, 0) is 28.6 Å². The minimum Gasteiger partial charge on any atom is -0.462 e. The molecule has 0 radical (unpaired) electrons. The Morgan fingerprint density at radius 1 is 0.241 bits per heavy atom. The van der Waals surface area contributed by atoms with E-state index in [0.717, 1.165) is 70.6 Å². The molecule has 0 aromatic heterocycles. The zero-order valence-electron chi connectivity index (χ0n) is 56.2. The van der Waals surface area contributed by atoms with Gasteiger partial charge < -0.3 is 14.2 Å². The zero-order valence-corrected chi connectivity index (χ0v) is 56.2. The summed E-state index contributed by atoms with van der Waals surface area (Å²) in [5.74, 6) is -0.853. The number of hydrogen-bond donors (Lipinski definition) is 0. The predicted molar refractivity (Wildman–Crippen MR) is 362 cm³/mol. The molecule has 488 valence electrons. The Morgan fingerprint density at radius 2 is 0.434 bits per heavy atom. The lowest BCUT2D eigenvalue weighted by Crippen LogP contribution is -2.30. The Labute approximate surface area is 518 Å². The molecule has 0 N–H and O–H groups in total. The molecule has 1 atom stereocenters. The van der Waals surface area contributed by atoms with Crippen LogP contribution < -0.4 is 0 Å². The molecule has 1 unspecified atom stereocenters. The van der Waals surface area contributed by atoms with Crippen molar-refractivity contribution in [3.05, 3.63) is 36.5 Å². The molecule has 6 heteroatoms. The van der Waals surface area contributed by atoms with Gasteiger partial charge in [0.15, 0.2) is 6.10 Å². The summed E-state index contributed by atoms with van der Waals surface area (Å²) in [6.07, 6.45) is 91.0. The van der Waals surface area contributed by atoms with Gasteiger partial charge in [-0.25, -0.2) is 0 Å². The van der Waals surface area contributed by atoms with E-state index >= 15 is 0 Å². The largest absolute Gasteiger partial charge is 0.462 e. The molecular weight excluding hydrogens is 1020 g/mol. The van der Waals surface area contributed by atoms with Crippen LogP contribution in [0.15, 0.2) is 36.5 Å². The van der Waals surface area contributed by atoms with Crippen LogP contribution in [0.5, 0.6) is 0 Å². The molecule has 83 heavy (non-hydrogen) atoms. The third-order valence-corrected chi connectivity index (χ3v) is 17.1. The molecular formula is C77H144O6. The lowest BCUT2D eigenvalue weighted by atomic mass is 10.0. The van der Waals surface area contributed by atoms with Gasteiger partial charge in [0, 0.05) is 19.3 Å². The normalized spacial score (nSPS) is 12.2. The Morgan fingerprint density at radius 3 is 0.675 bits per heavy atom. The van der Waals surface area contributed by atoms with Gasteiger partial charge in [0.2, 0.25) is 0 Å². The molecule has 6 nitrogen and oxygen atoms in total. The molecule has 0 aliphatic rings. The molecule has 0 amide bonds. The first kappa shape index (κ1) is 80.6. The monoisotopic (exact) mass is 1170 g/mol. The molecule has 0 aliphatic carbocycles. The van der Waals surface area contributed by atoms with Gasteiger partial charge in [0.05, 0.1) is 0 Å². The number of hydrogen-bond acceptors (Lipinski definition) is 6. The smallest absolute Gasteiger partial charge is 0.306 e. The molecule has 0 aliphatic heterocycles. The summed E-state index contributed by atoms with van der Waals surface area (Å²) in [5.41, 5.74) is 0. The fraction of sp³-hybridized carbons (Fsp3) is 0.883. The maximum absolute atomic E-state index is 12.9. The summed E-state index contributed by atoms with van der Waals surface area (Å²) in [4.78, 5) is 38.2. The molecule has 0 aromatic rings. The van der Waals surface area contributed by atoms with E-state index in [1.807, 2.05) is 0 Å². The van der Waals surface area contributed by atoms with E-state index in [4.69, 9.17) is 14.2 Å². The van der Waals surface area contributed by atoms with Crippen LogP contribution in [0.1, 0.15) is 419 Å². The molecule has 0 rings (SSSR count). The standard InChI is InChI=1S/C77H144O6/c1-4-7-10-13-16-18-20-22-24-26-28-30-32-34-36-37-38-39-40-42-43-45-47-49-51-53-55-57-59-61-64-67-70-76(79)82-73-74(72-81-75(78)69-66-63-15-12-9-6-3)83-77(80)71-68-65-62-60-58-56-54-52-50-48-46-44-41-35-33-31-29-27-25-23-21-19-17-14-11-8-5-2/h21,23,27,29,33,35,74H,4-20,22,24-26,28,30-32,34,36-73H2,1-3H3/b23-21-,29-27-,35-33-. The molecule has 0 fully saturated rings. The highest BCUT2D eigenvalue weighted by Gasteiger charge is 2.20. The Bertz CT molecular complexity index is 1380. The number of allylic oxidation sites excluding steroid dienone is 6. The van der Waals surface area contributed by atoms with E-state index in [9.17, 15) is 14.4 Å². The number of carbonyl (C=O) groups excluding carboxylic acids is 3. The summed E-state index contributed by atoms with van der Waals surface area (Å²) >= 11 is 0. The Kier molecular flexibility index (Phi) is 70.0. The maximum Gasteiger partial charge on any atom is 0.306 e. The van der Waals surface area contributed by atoms with Gasteiger partial charge >= 0.3 is 17.9 Å². The van der Waals surface area contributed by atoms with E-state index < -0.39 is 6.10 Å². The first-order valence-electron chi connectivity index (χ1n) is 37.5. The lowest BCUT2D eigenvalue weighted by Gasteiger charge is -2.18. The summed E-state index contributed by atoms with van der Waals surface area (Å²) in [5, 5.41) is 0. The summed E-state index contributed by atoms with van der Waals surface area (Å²) in [6, 6.07) is 0. The van der Waals surface area contributed by atoms with E-state index in [1.165, 1.54) is 308 Å². The van der Waals surface area contributed by atoms with Crippen molar-refractivity contribution in [2.75, 3.05) is 13.2 Å². The topological polar surface area (TPSA) is 78.9 Å². The van der Waals surface area contributed by atoms with Gasteiger partial charge in [-0.3, -0.25) is 14.4 Å². The van der Waals surface area contributed by atoms with Crippen LogP contribution in [0.2, 0.25) is 0 Å². The Hall–Kier alpha value is -2.37. The van der Waals surface area contributed by atoms with Crippen LogP contribution in [0.25, 0.3) is 0 Å². The molecule has 0 spiro atoms. The highest BCUT2D eigenvalue weighted by Crippen LogP contribution is 2.19. The number of ether oxygens (including phenoxy) is 3. The fourth-order valence-corrected chi connectivity index (χ4v) is 11.5. The van der Waals surface area contributed by atoms with Crippen molar-refractivity contribution >= 4 is 17.9 Å². The van der Waals surface area contributed by atoms with Crippen LogP contribution >= 0.6 is 0 Å². The van der Waals surface area contributed by atoms with E-state index in [2.05, 4.69) is 57.2 Å². The van der Waals surface area contributed by atoms with Gasteiger partial charge in [-0.05, 0) is 57.8 Å². The van der Waals surface area contributed by atoms with Crippen molar-refractivity contribution in [1.82, 2.24) is 0 Å². The van der Waals surface area contributed by atoms with E-state index in [-0.39, 0.29) is 31.1 Å². The van der Waals surface area contributed by atoms with Crippen molar-refractivity contribution < 1.29 is 28.6 Å². The van der Waals surface area contributed by atoms with Gasteiger partial charge in [-0.1, -0.05) is 378 Å². The number of carbonyl (C=O) groups is 3. The average molecular weight is 1170 g/mol. The summed E-state index contributed by atoms with van der Waals surface area (Å²) < 4.78 is 16.9. The van der Waals surface area contributed by atoms with Crippen molar-refractivity contribution in [2.45, 2.75) is 425 Å². The quantitative estimate of drug-likeness (QED) is 0.0261. The van der Waals surface area contributed by atoms with Crippen LogP contribution in [0, 0.1) is 0 Å². The van der Waals surface area contributed by atoms with Crippen LogP contribution in [0.4, 0.5) is 0 Å². The van der Waals surface area contributed by atoms with Crippen molar-refractivity contribution in [2.24, 2.45) is 0 Å². The highest BCUT2D eigenvalue weighted by molar-refractivity contribution is 5.71. The zero-order chi connectivity index (χ0) is 59.9. The second-order valence-electron chi connectivity index (χ2n) is 25.6. The van der Waals surface area contributed by atoms with Crippen molar-refractivity contribution in [1.29, 1.82) is 0 Å². The van der Waals surface area contributed by atoms with Crippen molar-refractivity contribution in [3.8, 4) is 0 Å². The second-order valence-corrected chi connectivity index (χ2v) is 25.6. The van der Waals surface area contributed by atoms with E-state index in [1.54, 1.807) is 0 Å². The average Bonchev–Trinajstić information content (AvgIpc) is 3.48. The summed E-state index contributed by atoms with van der Waals surface area (Å²) in [7, 11) is 0. The van der Waals surface area contributed by atoms with Crippen LogP contribution in [-0.4, -0.2) is 37.2 Å². The molecule has 0 saturated heterocycles. The number of unbranched alkanes of at least 4 members (excludes halogenated alkanes) is 53. The predicted octanol–water partition coefficient (Wildman–Crippen LogP) is 25.9. The number of rotatable bonds is 70. The van der Waals surface area contributed by atoms with E-state index in [0.29, 0.717) is 19.3 Å². The number of esters is 3. The van der Waals surface area contributed by atoms with Gasteiger partial charge in [-0.15, -0.1) is 0 Å². The highest BCUT2D eigenvalue weighted by atomic mass is 16.6. The first-order valence-corrected chi connectivity index (χ1v) is 37.5.